The van der Waals surface area contributed by atoms with Crippen LogP contribution in [-0.2, 0) is 9.59 Å². The average Bonchev–Trinajstić information content (AvgIpc) is 3.18. The summed E-state index contributed by atoms with van der Waals surface area (Å²) >= 11 is 4.80. The van der Waals surface area contributed by atoms with Gasteiger partial charge in [0.05, 0.1) is 22.1 Å². The zero-order valence-electron chi connectivity index (χ0n) is 11.9. The Morgan fingerprint density at radius 1 is 1.26 bits per heavy atom. The number of anilines is 1. The van der Waals surface area contributed by atoms with Crippen molar-refractivity contribution in [1.82, 2.24) is 4.98 Å². The minimum absolute atomic E-state index is 0.0182. The zero-order chi connectivity index (χ0) is 16.1. The Labute approximate surface area is 144 Å². The number of nitrogens with one attached hydrogen (secondary N) is 1. The smallest absolute Gasteiger partial charge is 0.307 e. The van der Waals surface area contributed by atoms with Gasteiger partial charge in [-0.25, -0.2) is 4.98 Å². The molecule has 0 unspecified atom stereocenters. The number of carbonyl (C=O) groups is 2. The fraction of sp³-hybridized carbons (Fsp3) is 0.312. The van der Waals surface area contributed by atoms with E-state index in [0.717, 1.165) is 21.1 Å². The van der Waals surface area contributed by atoms with Gasteiger partial charge in [-0.3, -0.25) is 9.59 Å². The van der Waals surface area contributed by atoms with Crippen molar-refractivity contribution in [2.45, 2.75) is 6.42 Å². The molecule has 4 rings (SSSR count). The highest BCUT2D eigenvalue weighted by Gasteiger charge is 2.51. The number of aromatic nitrogens is 1. The number of fused-ring (bicyclic) bond motifs is 3. The van der Waals surface area contributed by atoms with Crippen molar-refractivity contribution in [3.63, 3.8) is 0 Å². The van der Waals surface area contributed by atoms with Gasteiger partial charge in [0.1, 0.15) is 0 Å². The second-order valence-corrected chi connectivity index (χ2v) is 7.90. The lowest BCUT2D eigenvalue weighted by molar-refractivity contribution is -0.146. The lowest BCUT2D eigenvalue weighted by Crippen LogP contribution is -2.36. The largest absolute Gasteiger partial charge is 0.481 e. The summed E-state index contributed by atoms with van der Waals surface area (Å²) in [4.78, 5) is 28.5. The molecule has 5 nitrogen and oxygen atoms in total. The molecule has 2 aromatic rings. The lowest BCUT2D eigenvalue weighted by atomic mass is 9.82. The van der Waals surface area contributed by atoms with Crippen LogP contribution in [0.5, 0.6) is 0 Å². The van der Waals surface area contributed by atoms with Crippen LogP contribution >= 0.6 is 27.3 Å². The first-order valence-corrected chi connectivity index (χ1v) is 8.92. The molecule has 23 heavy (non-hydrogen) atoms. The summed E-state index contributed by atoms with van der Waals surface area (Å²) in [7, 11) is 0. The third-order valence-electron chi connectivity index (χ3n) is 4.63. The number of benzene rings is 1. The van der Waals surface area contributed by atoms with Crippen molar-refractivity contribution < 1.29 is 14.7 Å². The van der Waals surface area contributed by atoms with E-state index in [1.807, 2.05) is 30.4 Å². The van der Waals surface area contributed by atoms with Crippen LogP contribution in [0.1, 0.15) is 6.42 Å². The maximum absolute atomic E-state index is 12.6. The summed E-state index contributed by atoms with van der Waals surface area (Å²) in [6, 6.07) is 5.73. The second-order valence-electron chi connectivity index (χ2n) is 5.96. The molecule has 2 N–H and O–H groups in total. The van der Waals surface area contributed by atoms with Crippen molar-refractivity contribution in [1.29, 1.82) is 0 Å². The van der Waals surface area contributed by atoms with E-state index in [0.29, 0.717) is 5.13 Å². The molecule has 0 radical (unpaired) electrons. The molecule has 2 aliphatic rings. The Bertz CT molecular complexity index is 847. The second kappa shape index (κ2) is 5.42. The first-order valence-electron chi connectivity index (χ1n) is 7.31. The summed E-state index contributed by atoms with van der Waals surface area (Å²) in [6.07, 6.45) is 4.66. The Hall–Kier alpha value is -1.73. The number of nitrogens with zero attached hydrogens (tertiary/aromatic N) is 1. The van der Waals surface area contributed by atoms with E-state index in [4.69, 9.17) is 0 Å². The predicted octanol–water partition coefficient (Wildman–Crippen LogP) is 3.52. The van der Waals surface area contributed by atoms with E-state index >= 15 is 0 Å². The van der Waals surface area contributed by atoms with E-state index in [9.17, 15) is 14.7 Å². The minimum Gasteiger partial charge on any atom is -0.481 e. The van der Waals surface area contributed by atoms with Gasteiger partial charge in [0.15, 0.2) is 5.13 Å². The number of carboxylic acid groups (broad SMARTS) is 1. The van der Waals surface area contributed by atoms with Crippen LogP contribution in [0.4, 0.5) is 5.13 Å². The molecular weight excluding hydrogens is 380 g/mol. The van der Waals surface area contributed by atoms with E-state index in [-0.39, 0.29) is 17.7 Å². The predicted molar refractivity (Wildman–Crippen MR) is 91.3 cm³/mol. The minimum atomic E-state index is -0.893. The Morgan fingerprint density at radius 2 is 2.00 bits per heavy atom. The summed E-state index contributed by atoms with van der Waals surface area (Å²) in [6.45, 7) is 0. The summed E-state index contributed by atoms with van der Waals surface area (Å²) in [5.41, 5.74) is 0.816. The van der Waals surface area contributed by atoms with E-state index in [1.165, 1.54) is 11.3 Å². The molecule has 2 bridgehead atoms. The number of allylic oxidation sites excluding steroid dienone is 2. The maximum Gasteiger partial charge on any atom is 0.307 e. The number of hydrogen-bond acceptors (Lipinski definition) is 4. The number of aliphatic carboxylic acids is 1. The van der Waals surface area contributed by atoms with Gasteiger partial charge in [-0.15, -0.1) is 0 Å². The summed E-state index contributed by atoms with van der Waals surface area (Å²) < 4.78 is 1.92. The molecule has 0 aliphatic heterocycles. The van der Waals surface area contributed by atoms with Crippen LogP contribution in [0.25, 0.3) is 10.2 Å². The van der Waals surface area contributed by atoms with Crippen molar-refractivity contribution >= 4 is 54.5 Å². The van der Waals surface area contributed by atoms with E-state index < -0.39 is 17.8 Å². The van der Waals surface area contributed by atoms with Crippen molar-refractivity contribution in [2.24, 2.45) is 23.7 Å². The van der Waals surface area contributed by atoms with Gasteiger partial charge in [-0.05, 0) is 36.5 Å². The molecule has 1 heterocycles. The Balaban J connectivity index is 1.59. The Kier molecular flexibility index (Phi) is 3.50. The Morgan fingerprint density at radius 3 is 2.74 bits per heavy atom. The molecule has 7 heteroatoms. The normalized spacial score (nSPS) is 28.4. The monoisotopic (exact) mass is 392 g/mol. The van der Waals surface area contributed by atoms with Crippen molar-refractivity contribution in [3.05, 3.63) is 34.8 Å². The molecule has 1 aromatic heterocycles. The standard InChI is InChI=1S/C16H13BrN2O3S/c17-9-3-4-10-11(6-9)23-16(18-10)19-14(20)12-7-1-2-8(5-7)13(12)15(21)22/h1-4,6-8,12-13H,5H2,(H,21,22)(H,18,19,20)/t7-,8-,12-,13+/m0/s1. The number of thiazole rings is 1. The van der Waals surface area contributed by atoms with E-state index in [1.54, 1.807) is 0 Å². The van der Waals surface area contributed by atoms with Crippen LogP contribution in [0.15, 0.2) is 34.8 Å². The fourth-order valence-corrected chi connectivity index (χ4v) is 5.08. The molecule has 1 amide bonds. The molecule has 0 spiro atoms. The summed E-state index contributed by atoms with van der Waals surface area (Å²) in [5, 5.41) is 12.8. The number of amides is 1. The lowest BCUT2D eigenvalue weighted by Gasteiger charge is -2.23. The number of hydrogen-bond donors (Lipinski definition) is 2. The van der Waals surface area contributed by atoms with Gasteiger partial charge in [0, 0.05) is 4.47 Å². The van der Waals surface area contributed by atoms with Gasteiger partial charge in [-0.1, -0.05) is 39.4 Å². The molecule has 1 aromatic carbocycles. The number of carboxylic acids is 1. The third kappa shape index (κ3) is 2.48. The van der Waals surface area contributed by atoms with Gasteiger partial charge in [0.2, 0.25) is 5.91 Å². The number of halogens is 1. The molecule has 118 valence electrons. The number of carbonyl (C=O) groups excluding carboxylic acids is 1. The highest BCUT2D eigenvalue weighted by molar-refractivity contribution is 9.10. The fourth-order valence-electron chi connectivity index (χ4n) is 3.66. The van der Waals surface area contributed by atoms with Gasteiger partial charge in [0.25, 0.3) is 0 Å². The molecule has 2 aliphatic carbocycles. The number of rotatable bonds is 3. The van der Waals surface area contributed by atoms with Crippen LogP contribution in [0.2, 0.25) is 0 Å². The molecule has 1 saturated carbocycles. The molecular formula is C16H13BrN2O3S. The SMILES string of the molecule is O=C(Nc1nc2ccc(Br)cc2s1)[C@@H]1[C@H](C(=O)O)[C@H]2C=C[C@H]1C2. The zero-order valence-corrected chi connectivity index (χ0v) is 14.3. The quantitative estimate of drug-likeness (QED) is 0.783. The molecule has 0 saturated heterocycles. The highest BCUT2D eigenvalue weighted by atomic mass is 79.9. The van der Waals surface area contributed by atoms with Crippen LogP contribution < -0.4 is 5.32 Å². The van der Waals surface area contributed by atoms with E-state index in [2.05, 4.69) is 26.2 Å². The van der Waals surface area contributed by atoms with Crippen LogP contribution in [-0.4, -0.2) is 22.0 Å². The van der Waals surface area contributed by atoms with Gasteiger partial charge < -0.3 is 10.4 Å². The average molecular weight is 393 g/mol. The first-order chi connectivity index (χ1) is 11.0. The third-order valence-corrected chi connectivity index (χ3v) is 6.05. The first kappa shape index (κ1) is 14.8. The highest BCUT2D eigenvalue weighted by Crippen LogP contribution is 2.48. The van der Waals surface area contributed by atoms with Gasteiger partial charge >= 0.3 is 5.97 Å². The van der Waals surface area contributed by atoms with Crippen LogP contribution in [0.3, 0.4) is 0 Å². The molecule has 1 fully saturated rings. The maximum atomic E-state index is 12.6. The summed E-state index contributed by atoms with van der Waals surface area (Å²) in [5.74, 6) is -2.29. The van der Waals surface area contributed by atoms with Crippen molar-refractivity contribution in [2.75, 3.05) is 5.32 Å². The topological polar surface area (TPSA) is 79.3 Å². The van der Waals surface area contributed by atoms with Crippen molar-refractivity contribution in [3.8, 4) is 0 Å². The molecule has 4 atom stereocenters. The van der Waals surface area contributed by atoms with Gasteiger partial charge in [-0.2, -0.15) is 0 Å². The van der Waals surface area contributed by atoms with Crippen LogP contribution in [0, 0.1) is 23.7 Å².